The number of aromatic amines is 1. The van der Waals surface area contributed by atoms with E-state index >= 15 is 0 Å². The Kier molecular flexibility index (Phi) is 4.72. The molecule has 6 nitrogen and oxygen atoms in total. The predicted octanol–water partition coefficient (Wildman–Crippen LogP) is 4.23. The summed E-state index contributed by atoms with van der Waals surface area (Å²) < 4.78 is 1.92. The smallest absolute Gasteiger partial charge is 0.258 e. The molecule has 4 rings (SSSR count). The Labute approximate surface area is 164 Å². The van der Waals surface area contributed by atoms with E-state index in [4.69, 9.17) is 11.6 Å². The van der Waals surface area contributed by atoms with Gasteiger partial charge in [-0.05, 0) is 43.3 Å². The van der Waals surface area contributed by atoms with Gasteiger partial charge in [0.2, 0.25) is 0 Å². The number of rotatable bonds is 4. The zero-order valence-corrected chi connectivity index (χ0v) is 16.3. The Morgan fingerprint density at radius 3 is 2.63 bits per heavy atom. The molecule has 1 unspecified atom stereocenters. The lowest BCUT2D eigenvalue weighted by Crippen LogP contribution is -2.13. The van der Waals surface area contributed by atoms with Gasteiger partial charge in [-0.25, -0.2) is 4.98 Å². The van der Waals surface area contributed by atoms with Crippen LogP contribution in [0.4, 0.5) is 0 Å². The highest BCUT2D eigenvalue weighted by Gasteiger charge is 2.17. The Bertz CT molecular complexity index is 1170. The van der Waals surface area contributed by atoms with Crippen LogP contribution in [0, 0.1) is 0 Å². The normalized spacial score (nSPS) is 12.4. The second-order valence-electron chi connectivity index (χ2n) is 6.10. The second kappa shape index (κ2) is 7.17. The lowest BCUT2D eigenvalue weighted by Gasteiger charge is -2.11. The first kappa shape index (κ1) is 17.8. The Balaban J connectivity index is 1.63. The average Bonchev–Trinajstić information content (AvgIpc) is 3.03. The molecule has 2 aromatic heterocycles. The number of halogens is 1. The summed E-state index contributed by atoms with van der Waals surface area (Å²) in [6.45, 7) is 1.98. The second-order valence-corrected chi connectivity index (χ2v) is 7.84. The third-order valence-electron chi connectivity index (χ3n) is 4.24. The fraction of sp³-hybridized carbons (Fsp3) is 0.158. The standard InChI is InChI=1S/C19H16ClN5OS/c1-11(16-21-15-6-4-3-5-14(15)18(26)22-16)27-19-24-23-17(25(19)2)12-7-9-13(20)10-8-12/h3-11H,1-2H3,(H,21,22,26). The molecule has 2 aromatic carbocycles. The Morgan fingerprint density at radius 1 is 1.11 bits per heavy atom. The zero-order chi connectivity index (χ0) is 19.0. The van der Waals surface area contributed by atoms with E-state index in [0.717, 1.165) is 16.5 Å². The number of H-pyrrole nitrogens is 1. The third kappa shape index (κ3) is 3.48. The molecule has 4 aromatic rings. The molecule has 1 N–H and O–H groups in total. The van der Waals surface area contributed by atoms with Crippen molar-refractivity contribution in [2.24, 2.45) is 7.05 Å². The molecule has 0 spiro atoms. The van der Waals surface area contributed by atoms with Crippen molar-refractivity contribution in [3.63, 3.8) is 0 Å². The lowest BCUT2D eigenvalue weighted by atomic mass is 10.2. The SMILES string of the molecule is CC(Sc1nnc(-c2ccc(Cl)cc2)n1C)c1nc2ccccc2c(=O)[nH]1. The van der Waals surface area contributed by atoms with Gasteiger partial charge in [0.05, 0.1) is 16.2 Å². The molecule has 0 saturated carbocycles. The molecule has 0 aliphatic heterocycles. The molecule has 0 amide bonds. The van der Waals surface area contributed by atoms with Crippen molar-refractivity contribution in [2.75, 3.05) is 0 Å². The lowest BCUT2D eigenvalue weighted by molar-refractivity contribution is 0.786. The minimum Gasteiger partial charge on any atom is -0.309 e. The van der Waals surface area contributed by atoms with Crippen molar-refractivity contribution in [1.29, 1.82) is 0 Å². The van der Waals surface area contributed by atoms with E-state index in [1.807, 2.05) is 61.0 Å². The van der Waals surface area contributed by atoms with Crippen LogP contribution in [-0.4, -0.2) is 24.7 Å². The number of hydrogen-bond acceptors (Lipinski definition) is 5. The number of nitrogens with one attached hydrogen (secondary N) is 1. The van der Waals surface area contributed by atoms with Gasteiger partial charge in [0.1, 0.15) is 5.82 Å². The van der Waals surface area contributed by atoms with E-state index in [0.29, 0.717) is 21.7 Å². The van der Waals surface area contributed by atoms with Gasteiger partial charge < -0.3 is 9.55 Å². The first-order chi connectivity index (χ1) is 13.0. The highest BCUT2D eigenvalue weighted by Crippen LogP contribution is 2.33. The van der Waals surface area contributed by atoms with Crippen molar-refractivity contribution in [1.82, 2.24) is 24.7 Å². The van der Waals surface area contributed by atoms with Gasteiger partial charge in [-0.3, -0.25) is 4.79 Å². The predicted molar refractivity (Wildman–Crippen MR) is 108 cm³/mol. The summed E-state index contributed by atoms with van der Waals surface area (Å²) in [5.41, 5.74) is 1.48. The highest BCUT2D eigenvalue weighted by atomic mass is 35.5. The monoisotopic (exact) mass is 397 g/mol. The summed E-state index contributed by atoms with van der Waals surface area (Å²) in [7, 11) is 1.91. The molecule has 0 saturated heterocycles. The number of para-hydroxylation sites is 1. The van der Waals surface area contributed by atoms with Gasteiger partial charge in [0, 0.05) is 17.6 Å². The molecule has 0 aliphatic carbocycles. The molecular weight excluding hydrogens is 382 g/mol. The van der Waals surface area contributed by atoms with Crippen molar-refractivity contribution >= 4 is 34.3 Å². The van der Waals surface area contributed by atoms with Gasteiger partial charge in [-0.2, -0.15) is 0 Å². The fourth-order valence-corrected chi connectivity index (χ4v) is 3.78. The maximum Gasteiger partial charge on any atom is 0.258 e. The highest BCUT2D eigenvalue weighted by molar-refractivity contribution is 7.99. The van der Waals surface area contributed by atoms with Crippen molar-refractivity contribution in [3.05, 3.63) is 69.7 Å². The fourth-order valence-electron chi connectivity index (χ4n) is 2.78. The minimum absolute atomic E-state index is 0.0942. The average molecular weight is 398 g/mol. The van der Waals surface area contributed by atoms with Crippen LogP contribution in [0.3, 0.4) is 0 Å². The van der Waals surface area contributed by atoms with Gasteiger partial charge >= 0.3 is 0 Å². The first-order valence-electron chi connectivity index (χ1n) is 8.34. The van der Waals surface area contributed by atoms with E-state index in [1.165, 1.54) is 11.8 Å². The molecular formula is C19H16ClN5OS. The number of fused-ring (bicyclic) bond motifs is 1. The topological polar surface area (TPSA) is 76.5 Å². The first-order valence-corrected chi connectivity index (χ1v) is 9.59. The largest absolute Gasteiger partial charge is 0.309 e. The number of hydrogen-bond donors (Lipinski definition) is 1. The van der Waals surface area contributed by atoms with Gasteiger partial charge in [0.15, 0.2) is 11.0 Å². The van der Waals surface area contributed by atoms with E-state index in [2.05, 4.69) is 20.2 Å². The van der Waals surface area contributed by atoms with Crippen LogP contribution in [0.1, 0.15) is 18.0 Å². The summed E-state index contributed by atoms with van der Waals surface area (Å²) in [5, 5.41) is 10.5. The molecule has 27 heavy (non-hydrogen) atoms. The van der Waals surface area contributed by atoms with E-state index in [9.17, 15) is 4.79 Å². The number of aromatic nitrogens is 5. The van der Waals surface area contributed by atoms with Crippen molar-refractivity contribution in [3.8, 4) is 11.4 Å². The van der Waals surface area contributed by atoms with Crippen LogP contribution >= 0.6 is 23.4 Å². The van der Waals surface area contributed by atoms with Crippen LogP contribution in [0.15, 0.2) is 58.5 Å². The zero-order valence-electron chi connectivity index (χ0n) is 14.7. The summed E-state index contributed by atoms with van der Waals surface area (Å²) >= 11 is 7.44. The third-order valence-corrected chi connectivity index (χ3v) is 5.63. The Hall–Kier alpha value is -2.64. The quantitative estimate of drug-likeness (QED) is 0.521. The Morgan fingerprint density at radius 2 is 1.85 bits per heavy atom. The molecule has 8 heteroatoms. The molecule has 0 fully saturated rings. The summed E-state index contributed by atoms with van der Waals surface area (Å²) in [5.74, 6) is 1.36. The summed E-state index contributed by atoms with van der Waals surface area (Å²) in [6, 6.07) is 14.8. The molecule has 1 atom stereocenters. The van der Waals surface area contributed by atoms with Crippen LogP contribution in [0.5, 0.6) is 0 Å². The van der Waals surface area contributed by atoms with Crippen LogP contribution in [0.2, 0.25) is 5.02 Å². The van der Waals surface area contributed by atoms with E-state index < -0.39 is 0 Å². The van der Waals surface area contributed by atoms with Crippen LogP contribution in [0.25, 0.3) is 22.3 Å². The summed E-state index contributed by atoms with van der Waals surface area (Å²) in [6.07, 6.45) is 0. The number of benzene rings is 2. The molecule has 2 heterocycles. The van der Waals surface area contributed by atoms with Crippen molar-refractivity contribution in [2.45, 2.75) is 17.3 Å². The summed E-state index contributed by atoms with van der Waals surface area (Å²) in [4.78, 5) is 19.8. The van der Waals surface area contributed by atoms with Crippen LogP contribution in [-0.2, 0) is 7.05 Å². The maximum atomic E-state index is 12.3. The maximum absolute atomic E-state index is 12.3. The van der Waals surface area contributed by atoms with Crippen molar-refractivity contribution < 1.29 is 0 Å². The van der Waals surface area contributed by atoms with Crippen LogP contribution < -0.4 is 5.56 Å². The molecule has 0 aliphatic rings. The number of nitrogens with zero attached hydrogens (tertiary/aromatic N) is 4. The van der Waals surface area contributed by atoms with Gasteiger partial charge in [-0.15, -0.1) is 10.2 Å². The van der Waals surface area contributed by atoms with E-state index in [1.54, 1.807) is 6.07 Å². The molecule has 0 radical (unpaired) electrons. The van der Waals surface area contributed by atoms with Gasteiger partial charge in [-0.1, -0.05) is 35.5 Å². The minimum atomic E-state index is -0.136. The molecule has 136 valence electrons. The van der Waals surface area contributed by atoms with Gasteiger partial charge in [0.25, 0.3) is 5.56 Å². The molecule has 0 bridgehead atoms. The number of thioether (sulfide) groups is 1. The van der Waals surface area contributed by atoms with E-state index in [-0.39, 0.29) is 10.8 Å².